The van der Waals surface area contributed by atoms with Crippen molar-refractivity contribution in [2.75, 3.05) is 0 Å². The number of hydrogen-bond acceptors (Lipinski definition) is 2. The molecule has 0 saturated heterocycles. The Balaban J connectivity index is 2.25. The third kappa shape index (κ3) is 4.01. The molecule has 116 valence electrons. The van der Waals surface area contributed by atoms with Crippen molar-refractivity contribution < 1.29 is 14.6 Å². The summed E-state index contributed by atoms with van der Waals surface area (Å²) in [6.07, 6.45) is -0.680. The first-order valence-electron chi connectivity index (χ1n) is 7.08. The number of ether oxygens (including phenoxy) is 1. The fourth-order valence-electron chi connectivity index (χ4n) is 2.33. The van der Waals surface area contributed by atoms with E-state index in [4.69, 9.17) is 16.3 Å². The Bertz CT molecular complexity index is 695. The second-order valence-electron chi connectivity index (χ2n) is 5.48. The fourth-order valence-corrected chi connectivity index (χ4v) is 2.55. The highest BCUT2D eigenvalue weighted by Crippen LogP contribution is 2.25. The quantitative estimate of drug-likeness (QED) is 0.892. The summed E-state index contributed by atoms with van der Waals surface area (Å²) in [4.78, 5) is 11.5. The maximum Gasteiger partial charge on any atom is 0.345 e. The van der Waals surface area contributed by atoms with E-state index < -0.39 is 12.1 Å². The van der Waals surface area contributed by atoms with Gasteiger partial charge in [0.25, 0.3) is 0 Å². The number of rotatable bonds is 5. The average Bonchev–Trinajstić information content (AvgIpc) is 2.43. The van der Waals surface area contributed by atoms with Crippen molar-refractivity contribution in [2.45, 2.75) is 33.3 Å². The molecule has 0 bridgehead atoms. The van der Waals surface area contributed by atoms with Gasteiger partial charge in [-0.3, -0.25) is 0 Å². The van der Waals surface area contributed by atoms with Crippen molar-refractivity contribution in [1.29, 1.82) is 0 Å². The van der Waals surface area contributed by atoms with E-state index in [9.17, 15) is 9.90 Å². The molecule has 22 heavy (non-hydrogen) atoms. The van der Waals surface area contributed by atoms with Crippen molar-refractivity contribution in [3.63, 3.8) is 0 Å². The van der Waals surface area contributed by atoms with E-state index >= 15 is 0 Å². The highest BCUT2D eigenvalue weighted by molar-refractivity contribution is 6.30. The van der Waals surface area contributed by atoms with E-state index in [1.54, 1.807) is 18.2 Å². The van der Waals surface area contributed by atoms with Crippen molar-refractivity contribution in [1.82, 2.24) is 0 Å². The second-order valence-corrected chi connectivity index (χ2v) is 5.92. The zero-order valence-electron chi connectivity index (χ0n) is 12.9. The molecule has 0 saturated carbocycles. The molecule has 2 aromatic carbocycles. The van der Waals surface area contributed by atoms with Crippen LogP contribution >= 0.6 is 11.6 Å². The first-order chi connectivity index (χ1) is 10.4. The van der Waals surface area contributed by atoms with E-state index in [0.717, 1.165) is 22.3 Å². The highest BCUT2D eigenvalue weighted by Gasteiger charge is 2.21. The predicted molar refractivity (Wildman–Crippen MR) is 87.9 cm³/mol. The molecule has 4 heteroatoms. The summed E-state index contributed by atoms with van der Waals surface area (Å²) in [6, 6.07) is 11.1. The third-order valence-electron chi connectivity index (χ3n) is 3.62. The SMILES string of the molecule is Cc1cc(C)c(C)c(OC(Cc2cccc(Cl)c2)C(=O)O)c1. The standard InChI is InChI=1S/C18H19ClO3/c1-11-7-12(2)13(3)16(8-11)22-17(18(20)21)10-14-5-4-6-15(19)9-14/h4-9,17H,10H2,1-3H3,(H,20,21). The number of aryl methyl sites for hydroxylation is 2. The van der Waals surface area contributed by atoms with Crippen LogP contribution in [0.3, 0.4) is 0 Å². The van der Waals surface area contributed by atoms with Crippen molar-refractivity contribution in [3.8, 4) is 5.75 Å². The molecule has 0 fully saturated rings. The summed E-state index contributed by atoms with van der Waals surface area (Å²) in [5.41, 5.74) is 3.93. The maximum atomic E-state index is 11.5. The monoisotopic (exact) mass is 318 g/mol. The topological polar surface area (TPSA) is 46.5 Å². The van der Waals surface area contributed by atoms with Crippen LogP contribution in [0.15, 0.2) is 36.4 Å². The number of carboxylic acids is 1. The van der Waals surface area contributed by atoms with Gasteiger partial charge in [0.15, 0.2) is 6.10 Å². The smallest absolute Gasteiger partial charge is 0.345 e. The number of aliphatic carboxylic acids is 1. The van der Waals surface area contributed by atoms with E-state index in [0.29, 0.717) is 10.8 Å². The molecular weight excluding hydrogens is 300 g/mol. The highest BCUT2D eigenvalue weighted by atomic mass is 35.5. The van der Waals surface area contributed by atoms with Gasteiger partial charge in [0.2, 0.25) is 0 Å². The number of hydrogen-bond donors (Lipinski definition) is 1. The van der Waals surface area contributed by atoms with Crippen LogP contribution in [0.25, 0.3) is 0 Å². The van der Waals surface area contributed by atoms with Gasteiger partial charge in [-0.1, -0.05) is 29.8 Å². The Morgan fingerprint density at radius 1 is 1.23 bits per heavy atom. The van der Waals surface area contributed by atoms with E-state index in [1.807, 2.05) is 32.9 Å². The van der Waals surface area contributed by atoms with E-state index in [2.05, 4.69) is 6.07 Å². The maximum absolute atomic E-state index is 11.5. The normalized spacial score (nSPS) is 12.0. The molecular formula is C18H19ClO3. The van der Waals surface area contributed by atoms with Gasteiger partial charge in [0.05, 0.1) is 0 Å². The minimum absolute atomic E-state index is 0.266. The van der Waals surface area contributed by atoms with Gasteiger partial charge >= 0.3 is 5.97 Å². The zero-order valence-corrected chi connectivity index (χ0v) is 13.6. The van der Waals surface area contributed by atoms with Crippen molar-refractivity contribution >= 4 is 17.6 Å². The second kappa shape index (κ2) is 6.84. The molecule has 2 rings (SSSR count). The van der Waals surface area contributed by atoms with Crippen LogP contribution in [-0.2, 0) is 11.2 Å². The molecule has 0 aliphatic heterocycles. The lowest BCUT2D eigenvalue weighted by atomic mass is 10.0. The lowest BCUT2D eigenvalue weighted by Crippen LogP contribution is -2.29. The van der Waals surface area contributed by atoms with Gasteiger partial charge in [-0.25, -0.2) is 4.79 Å². The number of carboxylic acid groups (broad SMARTS) is 1. The molecule has 1 unspecified atom stereocenters. The van der Waals surface area contributed by atoms with Crippen LogP contribution in [0.4, 0.5) is 0 Å². The van der Waals surface area contributed by atoms with E-state index in [1.165, 1.54) is 0 Å². The molecule has 0 aliphatic rings. The van der Waals surface area contributed by atoms with Gasteiger partial charge in [-0.05, 0) is 61.2 Å². The van der Waals surface area contributed by atoms with Crippen LogP contribution in [0.2, 0.25) is 5.02 Å². The molecule has 3 nitrogen and oxygen atoms in total. The summed E-state index contributed by atoms with van der Waals surface area (Å²) in [5.74, 6) is -0.370. The average molecular weight is 319 g/mol. The number of halogens is 1. The summed E-state index contributed by atoms with van der Waals surface area (Å²) in [6.45, 7) is 5.89. The van der Waals surface area contributed by atoms with Crippen LogP contribution in [-0.4, -0.2) is 17.2 Å². The molecule has 0 radical (unpaired) electrons. The molecule has 2 aromatic rings. The Morgan fingerprint density at radius 3 is 2.59 bits per heavy atom. The minimum atomic E-state index is -0.987. The summed E-state index contributed by atoms with van der Waals surface area (Å²) < 4.78 is 5.77. The van der Waals surface area contributed by atoms with Crippen LogP contribution in [0, 0.1) is 20.8 Å². The lowest BCUT2D eigenvalue weighted by molar-refractivity contribution is -0.145. The van der Waals surface area contributed by atoms with Gasteiger partial charge < -0.3 is 9.84 Å². The third-order valence-corrected chi connectivity index (χ3v) is 3.85. The molecule has 1 atom stereocenters. The summed E-state index contributed by atoms with van der Waals surface area (Å²) in [7, 11) is 0. The molecule has 0 spiro atoms. The van der Waals surface area contributed by atoms with Crippen LogP contribution in [0.5, 0.6) is 5.75 Å². The van der Waals surface area contributed by atoms with Gasteiger partial charge in [-0.2, -0.15) is 0 Å². The summed E-state index contributed by atoms with van der Waals surface area (Å²) >= 11 is 5.95. The van der Waals surface area contributed by atoms with Gasteiger partial charge in [0, 0.05) is 11.4 Å². The van der Waals surface area contributed by atoms with E-state index in [-0.39, 0.29) is 6.42 Å². The van der Waals surface area contributed by atoms with Gasteiger partial charge in [0.1, 0.15) is 5.75 Å². The van der Waals surface area contributed by atoms with Gasteiger partial charge in [-0.15, -0.1) is 0 Å². The van der Waals surface area contributed by atoms with Crippen molar-refractivity contribution in [2.24, 2.45) is 0 Å². The Hall–Kier alpha value is -2.00. The molecule has 1 N–H and O–H groups in total. The molecule has 0 amide bonds. The fraction of sp³-hybridized carbons (Fsp3) is 0.278. The van der Waals surface area contributed by atoms with Crippen LogP contribution in [0.1, 0.15) is 22.3 Å². The Kier molecular flexibility index (Phi) is 5.09. The van der Waals surface area contributed by atoms with Crippen molar-refractivity contribution in [3.05, 3.63) is 63.7 Å². The first kappa shape index (κ1) is 16.4. The summed E-state index contributed by atoms with van der Waals surface area (Å²) in [5, 5.41) is 10.0. The zero-order chi connectivity index (χ0) is 16.3. The number of benzene rings is 2. The molecule has 0 heterocycles. The largest absolute Gasteiger partial charge is 0.478 e. The Labute approximate surface area is 135 Å². The number of carbonyl (C=O) groups is 1. The first-order valence-corrected chi connectivity index (χ1v) is 7.46. The predicted octanol–water partition coefficient (Wildman–Crippen LogP) is 4.34. The minimum Gasteiger partial charge on any atom is -0.478 e. The molecule has 0 aliphatic carbocycles. The van der Waals surface area contributed by atoms with Crippen LogP contribution < -0.4 is 4.74 Å². The lowest BCUT2D eigenvalue weighted by Gasteiger charge is -2.18. The molecule has 0 aromatic heterocycles. The Morgan fingerprint density at radius 2 is 1.95 bits per heavy atom.